The van der Waals surface area contributed by atoms with E-state index in [0.717, 1.165) is 0 Å². The summed E-state index contributed by atoms with van der Waals surface area (Å²) < 4.78 is 0. The van der Waals surface area contributed by atoms with Gasteiger partial charge >= 0.3 is 0 Å². The van der Waals surface area contributed by atoms with Crippen LogP contribution in [0.15, 0.2) is 70.9 Å². The summed E-state index contributed by atoms with van der Waals surface area (Å²) in [6.07, 6.45) is 0. The van der Waals surface area contributed by atoms with Gasteiger partial charge < -0.3 is 15.4 Å². The fourth-order valence-corrected chi connectivity index (χ4v) is 2.98. The largest absolute Gasteiger partial charge is 0.505 e. The summed E-state index contributed by atoms with van der Waals surface area (Å²) in [5, 5.41) is 40.8. The van der Waals surface area contributed by atoms with Gasteiger partial charge in [0.25, 0.3) is 5.91 Å². The Morgan fingerprint density at radius 3 is 2.48 bits per heavy atom. The highest BCUT2D eigenvalue weighted by Crippen LogP contribution is 2.39. The van der Waals surface area contributed by atoms with Crippen LogP contribution in [0.4, 0.5) is 17.3 Å². The maximum Gasteiger partial charge on any atom is 0.259 e. The number of aromatic hydroxyl groups is 1. The fourth-order valence-electron chi connectivity index (χ4n) is 2.98. The minimum Gasteiger partial charge on any atom is -0.505 e. The van der Waals surface area contributed by atoms with E-state index in [2.05, 4.69) is 25.5 Å². The number of nitrogens with zero attached hydrogens (tertiary/aromatic N) is 5. The van der Waals surface area contributed by atoms with E-state index in [1.54, 1.807) is 60.7 Å². The molecule has 9 nitrogen and oxygen atoms in total. The van der Waals surface area contributed by atoms with Crippen molar-refractivity contribution in [3.63, 3.8) is 0 Å². The number of aromatic amines is 1. The molecule has 148 valence electrons. The van der Waals surface area contributed by atoms with Crippen LogP contribution >= 0.6 is 0 Å². The maximum atomic E-state index is 12.8. The first kappa shape index (κ1) is 19.3. The Balaban J connectivity index is 1.78. The second-order valence-corrected chi connectivity index (χ2v) is 6.37. The third kappa shape index (κ3) is 3.79. The van der Waals surface area contributed by atoms with Crippen LogP contribution in [-0.4, -0.2) is 21.0 Å². The van der Waals surface area contributed by atoms with E-state index in [4.69, 9.17) is 10.5 Å². The number of benzene rings is 3. The molecule has 0 radical (unpaired) electrons. The van der Waals surface area contributed by atoms with Crippen molar-refractivity contribution >= 4 is 34.0 Å². The molecule has 3 N–H and O–H groups in total. The van der Waals surface area contributed by atoms with Crippen LogP contribution in [0.5, 0.6) is 5.75 Å². The van der Waals surface area contributed by atoms with Crippen molar-refractivity contribution in [2.24, 2.45) is 10.2 Å². The Labute approximate surface area is 175 Å². The van der Waals surface area contributed by atoms with Crippen LogP contribution < -0.4 is 5.32 Å². The molecule has 0 saturated heterocycles. The number of H-pyrrole nitrogens is 1. The van der Waals surface area contributed by atoms with Gasteiger partial charge in [-0.15, -0.1) is 10.2 Å². The predicted molar refractivity (Wildman–Crippen MR) is 112 cm³/mol. The maximum absolute atomic E-state index is 12.8. The number of carbonyl (C=O) groups excluding carboxylic acids is 1. The second kappa shape index (κ2) is 8.15. The summed E-state index contributed by atoms with van der Waals surface area (Å²) >= 11 is 0. The Hall–Kier alpha value is -5.02. The number of amides is 1. The third-order valence-electron chi connectivity index (χ3n) is 4.43. The average molecular weight is 407 g/mol. The van der Waals surface area contributed by atoms with E-state index < -0.39 is 5.91 Å². The topological polar surface area (TPSA) is 150 Å². The molecule has 1 heterocycles. The third-order valence-corrected chi connectivity index (χ3v) is 4.43. The van der Waals surface area contributed by atoms with Crippen LogP contribution in [0, 0.1) is 22.7 Å². The molecule has 9 heteroatoms. The van der Waals surface area contributed by atoms with E-state index in [9.17, 15) is 9.90 Å². The van der Waals surface area contributed by atoms with Crippen LogP contribution in [0.3, 0.4) is 0 Å². The minimum absolute atomic E-state index is 0.0198. The molecule has 0 spiro atoms. The lowest BCUT2D eigenvalue weighted by atomic mass is 10.0. The highest BCUT2D eigenvalue weighted by molar-refractivity contribution is 6.11. The smallest absolute Gasteiger partial charge is 0.259 e. The quantitative estimate of drug-likeness (QED) is 0.420. The molecule has 0 aliphatic heterocycles. The lowest BCUT2D eigenvalue weighted by molar-refractivity contribution is 0.102. The van der Waals surface area contributed by atoms with E-state index in [1.165, 1.54) is 0 Å². The van der Waals surface area contributed by atoms with Gasteiger partial charge in [-0.1, -0.05) is 42.5 Å². The molecule has 0 atom stereocenters. The summed E-state index contributed by atoms with van der Waals surface area (Å²) in [5.74, 6) is -0.943. The monoisotopic (exact) mass is 407 g/mol. The number of imidazole rings is 1. The summed E-state index contributed by atoms with van der Waals surface area (Å²) in [4.78, 5) is 19.2. The highest BCUT2D eigenvalue weighted by Gasteiger charge is 2.19. The van der Waals surface area contributed by atoms with Gasteiger partial charge in [0.05, 0.1) is 5.56 Å². The lowest BCUT2D eigenvalue weighted by Gasteiger charge is -2.11. The number of carbonyl (C=O) groups is 1. The van der Waals surface area contributed by atoms with E-state index in [-0.39, 0.29) is 34.3 Å². The molecule has 31 heavy (non-hydrogen) atoms. The van der Waals surface area contributed by atoms with Crippen molar-refractivity contribution < 1.29 is 9.90 Å². The van der Waals surface area contributed by atoms with Gasteiger partial charge in [0.15, 0.2) is 17.1 Å². The van der Waals surface area contributed by atoms with E-state index in [0.29, 0.717) is 16.5 Å². The summed E-state index contributed by atoms with van der Waals surface area (Å²) in [6.45, 7) is 0. The SMILES string of the molecule is N#Cc1nc(/N=N/c2c(O)c(C(=O)Nc3ccccc3)cc3ccccc23)[nH]c1C#N. The number of phenols is 1. The molecule has 4 aromatic rings. The van der Waals surface area contributed by atoms with Gasteiger partial charge in [-0.3, -0.25) is 4.79 Å². The van der Waals surface area contributed by atoms with Crippen molar-refractivity contribution in [2.75, 3.05) is 5.32 Å². The van der Waals surface area contributed by atoms with Crippen molar-refractivity contribution in [2.45, 2.75) is 0 Å². The Morgan fingerprint density at radius 1 is 1.03 bits per heavy atom. The molecule has 0 saturated carbocycles. The molecule has 0 unspecified atom stereocenters. The Morgan fingerprint density at radius 2 is 1.77 bits per heavy atom. The number of para-hydroxylation sites is 1. The zero-order valence-electron chi connectivity index (χ0n) is 15.9. The first-order chi connectivity index (χ1) is 15.1. The van der Waals surface area contributed by atoms with Crippen molar-refractivity contribution in [3.05, 3.63) is 77.6 Å². The number of phenolic OH excluding ortho intramolecular Hbond substituents is 1. The van der Waals surface area contributed by atoms with Crippen LogP contribution in [0.25, 0.3) is 10.8 Å². The van der Waals surface area contributed by atoms with Crippen LogP contribution in [-0.2, 0) is 0 Å². The van der Waals surface area contributed by atoms with Crippen molar-refractivity contribution in [3.8, 4) is 17.9 Å². The standard InChI is InChI=1S/C22H13N7O2/c23-11-17-18(12-24)27-22(26-17)29-28-19-15-9-5-4-6-13(15)10-16(20(19)30)21(31)25-14-7-2-1-3-8-14/h1-10,30H,(H,25,31)(H,26,27)/b29-28+. The van der Waals surface area contributed by atoms with E-state index in [1.807, 2.05) is 12.1 Å². The van der Waals surface area contributed by atoms with E-state index >= 15 is 0 Å². The van der Waals surface area contributed by atoms with Gasteiger partial charge in [0.1, 0.15) is 17.8 Å². The molecule has 4 rings (SSSR count). The lowest BCUT2D eigenvalue weighted by Crippen LogP contribution is -2.12. The highest BCUT2D eigenvalue weighted by atomic mass is 16.3. The molecule has 0 aliphatic rings. The van der Waals surface area contributed by atoms with Gasteiger partial charge in [-0.2, -0.15) is 15.5 Å². The van der Waals surface area contributed by atoms with Gasteiger partial charge in [0.2, 0.25) is 5.95 Å². The molecule has 1 amide bonds. The van der Waals surface area contributed by atoms with Gasteiger partial charge in [-0.05, 0) is 23.6 Å². The number of rotatable bonds is 4. The van der Waals surface area contributed by atoms with Crippen LogP contribution in [0.2, 0.25) is 0 Å². The molecular formula is C22H13N7O2. The number of fused-ring (bicyclic) bond motifs is 1. The summed E-state index contributed by atoms with van der Waals surface area (Å²) in [7, 11) is 0. The average Bonchev–Trinajstić information content (AvgIpc) is 3.21. The normalized spacial score (nSPS) is 10.6. The van der Waals surface area contributed by atoms with Gasteiger partial charge in [-0.25, -0.2) is 0 Å². The number of aromatic nitrogens is 2. The number of hydrogen-bond acceptors (Lipinski definition) is 7. The van der Waals surface area contributed by atoms with Crippen LogP contribution in [0.1, 0.15) is 21.7 Å². The zero-order chi connectivity index (χ0) is 21.8. The first-order valence-electron chi connectivity index (χ1n) is 9.03. The molecule has 0 aliphatic carbocycles. The fraction of sp³-hybridized carbons (Fsp3) is 0. The Bertz CT molecular complexity index is 1380. The molecule has 0 fully saturated rings. The molecule has 0 bridgehead atoms. The van der Waals surface area contributed by atoms with Crippen molar-refractivity contribution in [1.82, 2.24) is 9.97 Å². The summed E-state index contributed by atoms with van der Waals surface area (Å²) in [5.41, 5.74) is 0.506. The number of anilines is 1. The number of nitriles is 2. The Kier molecular flexibility index (Phi) is 5.08. The predicted octanol–water partition coefficient (Wildman–Crippen LogP) is 4.68. The van der Waals surface area contributed by atoms with Crippen molar-refractivity contribution in [1.29, 1.82) is 10.5 Å². The molecule has 3 aromatic carbocycles. The second-order valence-electron chi connectivity index (χ2n) is 6.37. The number of hydrogen-bond donors (Lipinski definition) is 3. The minimum atomic E-state index is -0.512. The number of azo groups is 1. The first-order valence-corrected chi connectivity index (χ1v) is 9.03. The summed E-state index contributed by atoms with van der Waals surface area (Å²) in [6, 6.07) is 21.1. The van der Waals surface area contributed by atoms with Gasteiger partial charge in [0, 0.05) is 11.1 Å². The molecule has 1 aromatic heterocycles. The number of nitrogens with one attached hydrogen (secondary N) is 2. The molecular weight excluding hydrogens is 394 g/mol. The zero-order valence-corrected chi connectivity index (χ0v) is 15.9.